The largest absolute Gasteiger partial charge is 0.396 e. The Labute approximate surface area is 261 Å². The molecule has 9 nitrogen and oxygen atoms in total. The zero-order chi connectivity index (χ0) is 31.9. The number of ether oxygens (including phenoxy) is 1. The minimum atomic E-state index is -1.66. The Morgan fingerprint density at radius 2 is 1.73 bits per heavy atom. The Morgan fingerprint density at radius 1 is 0.977 bits per heavy atom. The molecule has 1 heterocycles. The predicted molar refractivity (Wildman–Crippen MR) is 161 cm³/mol. The van der Waals surface area contributed by atoms with E-state index in [9.17, 15) is 30.3 Å². The molecule has 6 rings (SSSR count). The summed E-state index contributed by atoms with van der Waals surface area (Å²) < 4.78 is 5.42. The van der Waals surface area contributed by atoms with Gasteiger partial charge in [0.05, 0.1) is 12.0 Å². The van der Waals surface area contributed by atoms with E-state index < -0.39 is 48.7 Å². The van der Waals surface area contributed by atoms with Crippen LogP contribution in [0.2, 0.25) is 0 Å². The van der Waals surface area contributed by atoms with E-state index in [0.29, 0.717) is 31.1 Å². The van der Waals surface area contributed by atoms with Crippen molar-refractivity contribution in [2.75, 3.05) is 13.2 Å². The fraction of sp³-hybridized carbons (Fsp3) is 0.857. The fourth-order valence-electron chi connectivity index (χ4n) is 11.6. The number of aliphatic hydroxyl groups excluding tert-OH is 5. The summed E-state index contributed by atoms with van der Waals surface area (Å²) in [6, 6.07) is 0. The number of rotatable bonds is 5. The van der Waals surface area contributed by atoms with Gasteiger partial charge in [0.15, 0.2) is 0 Å². The highest BCUT2D eigenvalue weighted by molar-refractivity contribution is 5.78. The molecule has 13 atom stereocenters. The van der Waals surface area contributed by atoms with Gasteiger partial charge in [-0.05, 0) is 97.7 Å². The Kier molecular flexibility index (Phi) is 8.25. The van der Waals surface area contributed by atoms with E-state index in [-0.39, 0.29) is 34.2 Å². The van der Waals surface area contributed by atoms with Crippen molar-refractivity contribution in [3.8, 4) is 0 Å². The Hall–Kier alpha value is -1.33. The lowest BCUT2D eigenvalue weighted by Gasteiger charge is -2.70. The molecule has 4 saturated carbocycles. The summed E-state index contributed by atoms with van der Waals surface area (Å²) in [6.45, 7) is 13.7. The van der Waals surface area contributed by atoms with Crippen LogP contribution in [0.4, 0.5) is 0 Å². The first-order valence-corrected chi connectivity index (χ1v) is 16.9. The van der Waals surface area contributed by atoms with Gasteiger partial charge in [0.1, 0.15) is 24.4 Å². The van der Waals surface area contributed by atoms with Gasteiger partial charge in [0.2, 0.25) is 6.29 Å². The van der Waals surface area contributed by atoms with Crippen molar-refractivity contribution in [2.24, 2.45) is 44.8 Å². The van der Waals surface area contributed by atoms with Crippen LogP contribution in [0.15, 0.2) is 23.8 Å². The average Bonchev–Trinajstić information content (AvgIpc) is 2.99. The molecule has 44 heavy (non-hydrogen) atoms. The molecule has 2 unspecified atom stereocenters. The summed E-state index contributed by atoms with van der Waals surface area (Å²) in [7, 11) is 0. The van der Waals surface area contributed by atoms with Crippen molar-refractivity contribution in [3.63, 3.8) is 0 Å². The van der Waals surface area contributed by atoms with Crippen LogP contribution >= 0.6 is 0 Å². The highest BCUT2D eigenvalue weighted by Gasteiger charge is 2.68. The lowest BCUT2D eigenvalue weighted by Crippen LogP contribution is -2.64. The molecule has 0 radical (unpaired) electrons. The van der Waals surface area contributed by atoms with Crippen molar-refractivity contribution in [1.82, 2.24) is 0 Å². The molecule has 0 aromatic carbocycles. The molecule has 5 N–H and O–H groups in total. The molecule has 1 aliphatic heterocycles. The summed E-state index contributed by atoms with van der Waals surface area (Å²) in [5.41, 5.74) is 1.73. The van der Waals surface area contributed by atoms with Gasteiger partial charge in [-0.3, -0.25) is 4.89 Å². The fourth-order valence-corrected chi connectivity index (χ4v) is 11.6. The molecule has 5 fully saturated rings. The van der Waals surface area contributed by atoms with Crippen LogP contribution in [0.1, 0.15) is 98.3 Å². The number of allylic oxidation sites excluding steroid dienone is 3. The van der Waals surface area contributed by atoms with E-state index in [1.165, 1.54) is 12.0 Å². The molecule has 9 heteroatoms. The standard InChI is InChI=1S/C35H54O9/c1-20-9-14-35(30(41)44-43-29-28(40)27(39)26(38)23(18-36)42-29)16-15-33(4)21(22(35)17-20)7-8-25-32(3)12-6-11-31(2,19-37)24(32)10-13-34(25,33)5/h7,22-29,36-40H,1,6,8-19H2,2-5H3/t22-,23-,24?,25-,26-,27+,28-,29+,31?,32+,33-,34-,35+/m1/s1. The SMILES string of the molecule is C=C1CC[C@]2(C(=O)OO[C@@H]3O[C@H](CO)[C@@H](O)[C@H](O)[C@H]3O)CC[C@]3(C)C(=CC[C@@H]4[C@@]5(C)CCCC(C)(CO)C5CC[C@]43C)[C@H]2C1. The zero-order valence-electron chi connectivity index (χ0n) is 27.0. The lowest BCUT2D eigenvalue weighted by atomic mass is 9.34. The topological polar surface area (TPSA) is 146 Å². The number of hydrogen-bond donors (Lipinski definition) is 5. The van der Waals surface area contributed by atoms with Crippen LogP contribution in [0.5, 0.6) is 0 Å². The quantitative estimate of drug-likeness (QED) is 0.176. The Bertz CT molecular complexity index is 1180. The zero-order valence-corrected chi connectivity index (χ0v) is 27.0. The highest BCUT2D eigenvalue weighted by atomic mass is 17.2. The highest BCUT2D eigenvalue weighted by Crippen LogP contribution is 2.75. The minimum absolute atomic E-state index is 0.0350. The number of aliphatic hydroxyl groups is 5. The monoisotopic (exact) mass is 618 g/mol. The van der Waals surface area contributed by atoms with Crippen molar-refractivity contribution < 1.29 is 44.8 Å². The van der Waals surface area contributed by atoms with E-state index in [4.69, 9.17) is 14.5 Å². The van der Waals surface area contributed by atoms with Gasteiger partial charge in [-0.25, -0.2) is 4.79 Å². The molecule has 5 aliphatic carbocycles. The van der Waals surface area contributed by atoms with Gasteiger partial charge in [-0.2, -0.15) is 0 Å². The van der Waals surface area contributed by atoms with Gasteiger partial charge in [0, 0.05) is 12.5 Å². The van der Waals surface area contributed by atoms with Crippen LogP contribution in [-0.4, -0.2) is 75.4 Å². The van der Waals surface area contributed by atoms with Gasteiger partial charge in [0.25, 0.3) is 0 Å². The lowest BCUT2D eigenvalue weighted by molar-refractivity contribution is -0.408. The molecule has 0 aromatic heterocycles. The second kappa shape index (κ2) is 11.1. The average molecular weight is 619 g/mol. The molecule has 248 valence electrons. The van der Waals surface area contributed by atoms with Crippen LogP contribution in [-0.2, 0) is 19.3 Å². The summed E-state index contributed by atoms with van der Waals surface area (Å²) in [6.07, 6.45) is 5.07. The predicted octanol–water partition coefficient (Wildman–Crippen LogP) is 3.96. The second-order valence-electron chi connectivity index (χ2n) is 16.3. The van der Waals surface area contributed by atoms with Crippen molar-refractivity contribution in [2.45, 2.75) is 129 Å². The third-order valence-corrected chi connectivity index (χ3v) is 14.5. The normalized spacial score (nSPS) is 52.1. The first-order chi connectivity index (χ1) is 20.7. The van der Waals surface area contributed by atoms with Gasteiger partial charge >= 0.3 is 5.97 Å². The second-order valence-corrected chi connectivity index (χ2v) is 16.3. The summed E-state index contributed by atoms with van der Waals surface area (Å²) in [5.74, 6) is 0.404. The van der Waals surface area contributed by atoms with Crippen LogP contribution in [0.25, 0.3) is 0 Å². The van der Waals surface area contributed by atoms with E-state index in [1.807, 2.05) is 0 Å². The van der Waals surface area contributed by atoms with Crippen molar-refractivity contribution in [1.29, 1.82) is 0 Å². The van der Waals surface area contributed by atoms with E-state index in [2.05, 4.69) is 40.3 Å². The van der Waals surface area contributed by atoms with Crippen molar-refractivity contribution >= 4 is 5.97 Å². The first-order valence-electron chi connectivity index (χ1n) is 16.9. The van der Waals surface area contributed by atoms with Gasteiger partial charge in [-0.1, -0.05) is 57.9 Å². The molecule has 0 aromatic rings. The van der Waals surface area contributed by atoms with Crippen molar-refractivity contribution in [3.05, 3.63) is 23.8 Å². The van der Waals surface area contributed by atoms with E-state index in [1.54, 1.807) is 0 Å². The summed E-state index contributed by atoms with van der Waals surface area (Å²) in [4.78, 5) is 24.9. The number of carbonyl (C=O) groups is 1. The maximum absolute atomic E-state index is 14.1. The molecule has 0 amide bonds. The number of carbonyl (C=O) groups excluding carboxylic acids is 1. The van der Waals surface area contributed by atoms with Crippen LogP contribution < -0.4 is 0 Å². The van der Waals surface area contributed by atoms with E-state index >= 15 is 0 Å². The molecule has 1 saturated heterocycles. The third kappa shape index (κ3) is 4.47. The molecular weight excluding hydrogens is 564 g/mol. The molecule has 6 aliphatic rings. The molecule has 0 bridgehead atoms. The maximum Gasteiger partial charge on any atom is 0.349 e. The van der Waals surface area contributed by atoms with Crippen LogP contribution in [0, 0.1) is 44.8 Å². The summed E-state index contributed by atoms with van der Waals surface area (Å²) in [5, 5.41) is 50.7. The third-order valence-electron chi connectivity index (χ3n) is 14.5. The molecule has 0 spiro atoms. The molecular formula is C35H54O9. The smallest absolute Gasteiger partial charge is 0.349 e. The Morgan fingerprint density at radius 3 is 2.43 bits per heavy atom. The minimum Gasteiger partial charge on any atom is -0.396 e. The van der Waals surface area contributed by atoms with E-state index in [0.717, 1.165) is 50.5 Å². The first kappa shape index (κ1) is 32.6. The number of hydrogen-bond acceptors (Lipinski definition) is 9. The van der Waals surface area contributed by atoms with Gasteiger partial charge < -0.3 is 30.3 Å². The maximum atomic E-state index is 14.1. The summed E-state index contributed by atoms with van der Waals surface area (Å²) >= 11 is 0. The van der Waals surface area contributed by atoms with Crippen LogP contribution in [0.3, 0.4) is 0 Å². The Balaban J connectivity index is 1.28. The number of fused-ring (bicyclic) bond motifs is 7. The van der Waals surface area contributed by atoms with Gasteiger partial charge in [-0.15, -0.1) is 4.89 Å².